The molecule has 2 nitrogen and oxygen atoms in total. The predicted octanol–water partition coefficient (Wildman–Crippen LogP) is 3.10. The van der Waals surface area contributed by atoms with Crippen LogP contribution >= 0.6 is 15.9 Å². The summed E-state index contributed by atoms with van der Waals surface area (Å²) in [5, 5.41) is 3.02. The Morgan fingerprint density at radius 1 is 1.53 bits per heavy atom. The molecule has 0 saturated heterocycles. The fraction of sp³-hybridized carbons (Fsp3) is 0.917. The summed E-state index contributed by atoms with van der Waals surface area (Å²) >= 11 is 3.44. The zero-order valence-corrected chi connectivity index (χ0v) is 11.6. The van der Waals surface area contributed by atoms with Crippen LogP contribution in [0.15, 0.2) is 0 Å². The first kappa shape index (κ1) is 13.0. The van der Waals surface area contributed by atoms with Crippen LogP contribution in [0.25, 0.3) is 0 Å². The van der Waals surface area contributed by atoms with Crippen LogP contribution in [0, 0.1) is 11.3 Å². The number of rotatable bonds is 3. The molecule has 0 aliphatic heterocycles. The summed E-state index contributed by atoms with van der Waals surface area (Å²) in [6.45, 7) is 7.21. The number of hydrogen-bond donors (Lipinski definition) is 1. The van der Waals surface area contributed by atoms with Crippen molar-refractivity contribution in [3.8, 4) is 0 Å². The molecule has 1 fully saturated rings. The maximum absolute atomic E-state index is 12.0. The fourth-order valence-corrected chi connectivity index (χ4v) is 2.51. The van der Waals surface area contributed by atoms with Crippen LogP contribution in [0.4, 0.5) is 0 Å². The first-order valence-electron chi connectivity index (χ1n) is 5.85. The fourth-order valence-electron chi connectivity index (χ4n) is 2.34. The smallest absolute Gasteiger partial charge is 0.223 e. The van der Waals surface area contributed by atoms with Gasteiger partial charge in [-0.25, -0.2) is 0 Å². The molecule has 1 saturated carbocycles. The van der Waals surface area contributed by atoms with E-state index < -0.39 is 0 Å². The second-order valence-corrected chi connectivity index (χ2v) is 6.88. The van der Waals surface area contributed by atoms with Crippen molar-refractivity contribution in [2.45, 2.75) is 51.3 Å². The van der Waals surface area contributed by atoms with Crippen LogP contribution < -0.4 is 5.32 Å². The Balaban J connectivity index is 2.49. The Kier molecular flexibility index (Phi) is 4.63. The normalized spacial score (nSPS) is 27.1. The zero-order chi connectivity index (χ0) is 11.5. The minimum absolute atomic E-state index is 0.178. The van der Waals surface area contributed by atoms with Crippen LogP contribution in [0.5, 0.6) is 0 Å². The lowest BCUT2D eigenvalue weighted by Gasteiger charge is -2.37. The summed E-state index contributed by atoms with van der Waals surface area (Å²) in [5.41, 5.74) is 0.178. The summed E-state index contributed by atoms with van der Waals surface area (Å²) < 4.78 is 0. The summed E-state index contributed by atoms with van der Waals surface area (Å²) in [6, 6.07) is 0. The molecule has 1 aliphatic carbocycles. The maximum Gasteiger partial charge on any atom is 0.223 e. The van der Waals surface area contributed by atoms with E-state index in [9.17, 15) is 4.79 Å². The first-order chi connectivity index (χ1) is 6.93. The number of hydrogen-bond acceptors (Lipinski definition) is 1. The van der Waals surface area contributed by atoms with E-state index >= 15 is 0 Å². The van der Waals surface area contributed by atoms with E-state index in [2.05, 4.69) is 35.1 Å². The molecule has 0 bridgehead atoms. The number of halogens is 1. The molecule has 88 valence electrons. The van der Waals surface area contributed by atoms with Crippen molar-refractivity contribution >= 4 is 21.8 Å². The molecule has 0 aromatic rings. The van der Waals surface area contributed by atoms with Crippen LogP contribution in [0.2, 0.25) is 0 Å². The molecule has 0 spiro atoms. The molecule has 1 aliphatic rings. The van der Waals surface area contributed by atoms with Gasteiger partial charge in [-0.2, -0.15) is 0 Å². The maximum atomic E-state index is 12.0. The van der Waals surface area contributed by atoms with Crippen molar-refractivity contribution < 1.29 is 4.79 Å². The number of carbonyl (C=O) groups excluding carboxylic acids is 1. The van der Waals surface area contributed by atoms with Gasteiger partial charge in [0.1, 0.15) is 0 Å². The lowest BCUT2D eigenvalue weighted by Crippen LogP contribution is -2.42. The van der Waals surface area contributed by atoms with Crippen molar-refractivity contribution in [3.63, 3.8) is 0 Å². The molecule has 1 N–H and O–H groups in total. The van der Waals surface area contributed by atoms with Gasteiger partial charge >= 0.3 is 0 Å². The molecular formula is C12H22BrNO. The number of nitrogens with one attached hydrogen (secondary N) is 1. The van der Waals surface area contributed by atoms with Crippen molar-refractivity contribution in [1.29, 1.82) is 0 Å². The summed E-state index contributed by atoms with van der Waals surface area (Å²) in [4.78, 5) is 12.3. The van der Waals surface area contributed by atoms with E-state index in [4.69, 9.17) is 0 Å². The average Bonchev–Trinajstić information content (AvgIpc) is 2.13. The van der Waals surface area contributed by atoms with Crippen LogP contribution in [0.3, 0.4) is 0 Å². The van der Waals surface area contributed by atoms with E-state index in [-0.39, 0.29) is 17.2 Å². The van der Waals surface area contributed by atoms with Crippen molar-refractivity contribution in [3.05, 3.63) is 0 Å². The van der Waals surface area contributed by atoms with E-state index in [1.807, 2.05) is 6.92 Å². The Morgan fingerprint density at radius 3 is 2.73 bits per heavy atom. The Bertz CT molecular complexity index is 226. The Morgan fingerprint density at radius 2 is 2.20 bits per heavy atom. The summed E-state index contributed by atoms with van der Waals surface area (Å²) in [6.07, 6.45) is 4.70. The zero-order valence-electron chi connectivity index (χ0n) is 9.98. The molecular weight excluding hydrogens is 254 g/mol. The number of alkyl halides is 1. The van der Waals surface area contributed by atoms with Gasteiger partial charge < -0.3 is 5.32 Å². The SMILES string of the molecule is CC(Br)CNC(=O)C1CCCCC1(C)C. The van der Waals surface area contributed by atoms with Gasteiger partial charge in [-0.1, -0.05) is 49.5 Å². The van der Waals surface area contributed by atoms with Gasteiger partial charge in [0.25, 0.3) is 0 Å². The van der Waals surface area contributed by atoms with Crippen molar-refractivity contribution in [2.24, 2.45) is 11.3 Å². The molecule has 0 aromatic heterocycles. The van der Waals surface area contributed by atoms with Gasteiger partial charge in [-0.15, -0.1) is 0 Å². The van der Waals surface area contributed by atoms with E-state index in [1.54, 1.807) is 0 Å². The van der Waals surface area contributed by atoms with E-state index in [0.29, 0.717) is 4.83 Å². The lowest BCUT2D eigenvalue weighted by molar-refractivity contribution is -0.130. The predicted molar refractivity (Wildman–Crippen MR) is 67.1 cm³/mol. The highest BCUT2D eigenvalue weighted by molar-refractivity contribution is 9.09. The number of amides is 1. The van der Waals surface area contributed by atoms with Crippen molar-refractivity contribution in [1.82, 2.24) is 5.32 Å². The molecule has 2 atom stereocenters. The summed E-state index contributed by atoms with van der Waals surface area (Å²) in [7, 11) is 0. The average molecular weight is 276 g/mol. The minimum atomic E-state index is 0.178. The molecule has 15 heavy (non-hydrogen) atoms. The van der Waals surface area contributed by atoms with E-state index in [0.717, 1.165) is 13.0 Å². The van der Waals surface area contributed by atoms with Gasteiger partial charge in [0.15, 0.2) is 0 Å². The Labute approximate surface area is 101 Å². The second-order valence-electron chi connectivity index (χ2n) is 5.31. The minimum Gasteiger partial charge on any atom is -0.355 e. The van der Waals surface area contributed by atoms with Gasteiger partial charge in [0.2, 0.25) is 5.91 Å². The van der Waals surface area contributed by atoms with Gasteiger partial charge in [0, 0.05) is 17.3 Å². The summed E-state index contributed by atoms with van der Waals surface area (Å²) in [5.74, 6) is 0.448. The standard InChI is InChI=1S/C12H22BrNO/c1-9(13)8-14-11(15)10-6-4-5-7-12(10,2)3/h9-10H,4-8H2,1-3H3,(H,14,15). The number of carbonyl (C=O) groups is 1. The highest BCUT2D eigenvalue weighted by Crippen LogP contribution is 2.40. The van der Waals surface area contributed by atoms with Crippen LogP contribution in [-0.4, -0.2) is 17.3 Å². The van der Waals surface area contributed by atoms with Crippen LogP contribution in [-0.2, 0) is 4.79 Å². The third-order valence-corrected chi connectivity index (χ3v) is 3.71. The third-order valence-electron chi connectivity index (χ3n) is 3.38. The monoisotopic (exact) mass is 275 g/mol. The van der Waals surface area contributed by atoms with Gasteiger partial charge in [-0.3, -0.25) is 4.79 Å². The molecule has 0 radical (unpaired) electrons. The molecule has 2 unspecified atom stereocenters. The second kappa shape index (κ2) is 5.33. The molecule has 1 amide bonds. The van der Waals surface area contributed by atoms with Crippen molar-refractivity contribution in [2.75, 3.05) is 6.54 Å². The molecule has 0 heterocycles. The topological polar surface area (TPSA) is 29.1 Å². The first-order valence-corrected chi connectivity index (χ1v) is 6.77. The highest BCUT2D eigenvalue weighted by atomic mass is 79.9. The van der Waals surface area contributed by atoms with Crippen LogP contribution in [0.1, 0.15) is 46.5 Å². The Hall–Kier alpha value is -0.0500. The molecule has 3 heteroatoms. The van der Waals surface area contributed by atoms with E-state index in [1.165, 1.54) is 19.3 Å². The van der Waals surface area contributed by atoms with Gasteiger partial charge in [-0.05, 0) is 18.3 Å². The third kappa shape index (κ3) is 3.78. The molecule has 1 rings (SSSR count). The largest absolute Gasteiger partial charge is 0.355 e. The molecule has 0 aromatic carbocycles. The lowest BCUT2D eigenvalue weighted by atomic mass is 9.68. The van der Waals surface area contributed by atoms with Gasteiger partial charge in [0.05, 0.1) is 0 Å². The quantitative estimate of drug-likeness (QED) is 0.788. The highest BCUT2D eigenvalue weighted by Gasteiger charge is 2.36.